The molecule has 2 heterocycles. The number of dihydropyridines is 1. The molecular weight excluding hydrogens is 248 g/mol. The fourth-order valence-electron chi connectivity index (χ4n) is 3.59. The zero-order chi connectivity index (χ0) is 15.1. The summed E-state index contributed by atoms with van der Waals surface area (Å²) in [6.07, 6.45) is 7.20. The van der Waals surface area contributed by atoms with Crippen molar-refractivity contribution in [2.24, 2.45) is 5.92 Å². The second-order valence-electron chi connectivity index (χ2n) is 7.31. The first-order valence-corrected chi connectivity index (χ1v) is 7.51. The van der Waals surface area contributed by atoms with Crippen LogP contribution in [-0.2, 0) is 0 Å². The van der Waals surface area contributed by atoms with Crippen molar-refractivity contribution in [2.75, 3.05) is 6.54 Å². The highest BCUT2D eigenvalue weighted by Gasteiger charge is 2.51. The van der Waals surface area contributed by atoms with Crippen molar-refractivity contribution in [3.8, 4) is 0 Å². The third-order valence-corrected chi connectivity index (χ3v) is 4.45. The molecule has 0 amide bonds. The third-order valence-electron chi connectivity index (χ3n) is 4.45. The minimum atomic E-state index is -0.355. The van der Waals surface area contributed by atoms with E-state index in [1.165, 1.54) is 21.8 Å². The third kappa shape index (κ3) is 2.33. The van der Waals surface area contributed by atoms with Crippen LogP contribution in [0, 0.1) is 5.92 Å². The van der Waals surface area contributed by atoms with E-state index in [0.717, 1.165) is 13.0 Å². The predicted octanol–water partition coefficient (Wildman–Crippen LogP) is 3.63. The van der Waals surface area contributed by atoms with Crippen LogP contribution in [0.25, 0.3) is 0 Å². The van der Waals surface area contributed by atoms with Gasteiger partial charge in [-0.1, -0.05) is 19.9 Å². The van der Waals surface area contributed by atoms with E-state index in [1.807, 2.05) is 12.3 Å². The smallest absolute Gasteiger partial charge is 0.0665 e. The van der Waals surface area contributed by atoms with Crippen molar-refractivity contribution in [2.45, 2.75) is 59.0 Å². The molecular formula is C17H28N2O. The molecule has 0 radical (unpaired) electrons. The average Bonchev–Trinajstić information content (AvgIpc) is 2.49. The standard InChI is InChI=1S/C17H28N2O/c1-12(2)10-14-15(13-8-7-9-18-11-13)17(5,6)19(20)16(14,3)4/h7-9,12,18,20H,10-11H2,1-6H3. The molecule has 0 aromatic heterocycles. The highest BCUT2D eigenvalue weighted by Crippen LogP contribution is 2.48. The van der Waals surface area contributed by atoms with Crippen LogP contribution in [-0.4, -0.2) is 27.9 Å². The molecule has 2 aliphatic rings. The van der Waals surface area contributed by atoms with E-state index >= 15 is 0 Å². The van der Waals surface area contributed by atoms with Crippen LogP contribution in [0.1, 0.15) is 48.0 Å². The number of allylic oxidation sites excluding steroid dienone is 2. The normalized spacial score (nSPS) is 25.1. The Morgan fingerprint density at radius 1 is 1.25 bits per heavy atom. The van der Waals surface area contributed by atoms with E-state index in [1.54, 1.807) is 0 Å². The monoisotopic (exact) mass is 276 g/mol. The van der Waals surface area contributed by atoms with Crippen molar-refractivity contribution < 1.29 is 5.21 Å². The average molecular weight is 276 g/mol. The molecule has 0 bridgehead atoms. The van der Waals surface area contributed by atoms with Gasteiger partial charge in [-0.25, -0.2) is 0 Å². The SMILES string of the molecule is CC(C)CC1=C(C2=CC=CNC2)C(C)(C)N(O)C1(C)C. The summed E-state index contributed by atoms with van der Waals surface area (Å²) in [7, 11) is 0. The van der Waals surface area contributed by atoms with Gasteiger partial charge >= 0.3 is 0 Å². The number of nitrogens with zero attached hydrogens (tertiary/aromatic N) is 1. The van der Waals surface area contributed by atoms with Crippen LogP contribution in [0.3, 0.4) is 0 Å². The van der Waals surface area contributed by atoms with Gasteiger partial charge in [0, 0.05) is 6.54 Å². The maximum absolute atomic E-state index is 10.7. The molecule has 0 atom stereocenters. The van der Waals surface area contributed by atoms with E-state index < -0.39 is 0 Å². The molecule has 0 aliphatic carbocycles. The van der Waals surface area contributed by atoms with Gasteiger partial charge in [0.15, 0.2) is 0 Å². The lowest BCUT2D eigenvalue weighted by Gasteiger charge is -2.37. The summed E-state index contributed by atoms with van der Waals surface area (Å²) in [5, 5.41) is 15.5. The molecule has 0 saturated carbocycles. The zero-order valence-electron chi connectivity index (χ0n) is 13.6. The number of hydrogen-bond donors (Lipinski definition) is 2. The predicted molar refractivity (Wildman–Crippen MR) is 83.5 cm³/mol. The Morgan fingerprint density at radius 3 is 2.40 bits per heavy atom. The summed E-state index contributed by atoms with van der Waals surface area (Å²) >= 11 is 0. The number of hydroxylamine groups is 2. The molecule has 0 fully saturated rings. The first kappa shape index (κ1) is 15.3. The summed E-state index contributed by atoms with van der Waals surface area (Å²) in [6, 6.07) is 0. The number of nitrogens with one attached hydrogen (secondary N) is 1. The molecule has 20 heavy (non-hydrogen) atoms. The molecule has 0 spiro atoms. The Balaban J connectivity index is 2.58. The highest BCUT2D eigenvalue weighted by molar-refractivity contribution is 5.52. The van der Waals surface area contributed by atoms with Gasteiger partial charge in [0.05, 0.1) is 11.1 Å². The highest BCUT2D eigenvalue weighted by atomic mass is 16.5. The fourth-order valence-corrected chi connectivity index (χ4v) is 3.59. The number of rotatable bonds is 3. The largest absolute Gasteiger partial charge is 0.387 e. The molecule has 3 nitrogen and oxygen atoms in total. The molecule has 0 aromatic carbocycles. The number of hydrogen-bond acceptors (Lipinski definition) is 3. The maximum Gasteiger partial charge on any atom is 0.0665 e. The van der Waals surface area contributed by atoms with Gasteiger partial charge in [-0.05, 0) is 69.0 Å². The van der Waals surface area contributed by atoms with Crippen molar-refractivity contribution in [1.82, 2.24) is 10.4 Å². The minimum Gasteiger partial charge on any atom is -0.387 e. The molecule has 0 aromatic rings. The Kier molecular flexibility index (Phi) is 3.87. The Bertz CT molecular complexity index is 481. The van der Waals surface area contributed by atoms with E-state index in [0.29, 0.717) is 5.92 Å². The van der Waals surface area contributed by atoms with E-state index in [9.17, 15) is 5.21 Å². The van der Waals surface area contributed by atoms with Crippen LogP contribution >= 0.6 is 0 Å². The van der Waals surface area contributed by atoms with Gasteiger partial charge in [0.2, 0.25) is 0 Å². The summed E-state index contributed by atoms with van der Waals surface area (Å²) < 4.78 is 0. The van der Waals surface area contributed by atoms with Gasteiger partial charge in [0.25, 0.3) is 0 Å². The van der Waals surface area contributed by atoms with E-state index in [4.69, 9.17) is 0 Å². The van der Waals surface area contributed by atoms with Crippen LogP contribution in [0.4, 0.5) is 0 Å². The zero-order valence-corrected chi connectivity index (χ0v) is 13.6. The van der Waals surface area contributed by atoms with Gasteiger partial charge < -0.3 is 10.5 Å². The Hall–Kier alpha value is -1.06. The molecule has 2 rings (SSSR count). The van der Waals surface area contributed by atoms with Crippen LogP contribution in [0.5, 0.6) is 0 Å². The van der Waals surface area contributed by atoms with Crippen molar-refractivity contribution in [1.29, 1.82) is 0 Å². The maximum atomic E-state index is 10.7. The van der Waals surface area contributed by atoms with Crippen LogP contribution < -0.4 is 5.32 Å². The first-order valence-electron chi connectivity index (χ1n) is 7.51. The second kappa shape index (κ2) is 5.05. The fraction of sp³-hybridized carbons (Fsp3) is 0.647. The van der Waals surface area contributed by atoms with Gasteiger partial charge in [-0.2, -0.15) is 5.06 Å². The molecule has 2 N–H and O–H groups in total. The lowest BCUT2D eigenvalue weighted by atomic mass is 9.81. The van der Waals surface area contributed by atoms with E-state index in [2.05, 4.69) is 52.9 Å². The van der Waals surface area contributed by atoms with Gasteiger partial charge in [-0.3, -0.25) is 0 Å². The summed E-state index contributed by atoms with van der Waals surface area (Å²) in [5.41, 5.74) is 3.29. The first-order chi connectivity index (χ1) is 9.19. The Morgan fingerprint density at radius 2 is 1.90 bits per heavy atom. The lowest BCUT2D eigenvalue weighted by Crippen LogP contribution is -2.49. The second-order valence-corrected chi connectivity index (χ2v) is 7.31. The molecule has 0 saturated heterocycles. The van der Waals surface area contributed by atoms with Crippen molar-refractivity contribution >= 4 is 0 Å². The molecule has 3 heteroatoms. The quantitative estimate of drug-likeness (QED) is 0.826. The summed E-state index contributed by atoms with van der Waals surface area (Å²) in [5.74, 6) is 0.578. The Labute approximate surface area is 123 Å². The molecule has 112 valence electrons. The van der Waals surface area contributed by atoms with Gasteiger partial charge in [-0.15, -0.1) is 0 Å². The van der Waals surface area contributed by atoms with Crippen LogP contribution in [0.2, 0.25) is 0 Å². The lowest BCUT2D eigenvalue weighted by molar-refractivity contribution is -0.187. The van der Waals surface area contributed by atoms with Crippen molar-refractivity contribution in [3.05, 3.63) is 35.1 Å². The topological polar surface area (TPSA) is 35.5 Å². The van der Waals surface area contributed by atoms with Crippen molar-refractivity contribution in [3.63, 3.8) is 0 Å². The summed E-state index contributed by atoms with van der Waals surface area (Å²) in [6.45, 7) is 13.8. The van der Waals surface area contributed by atoms with E-state index in [-0.39, 0.29) is 11.1 Å². The van der Waals surface area contributed by atoms with Gasteiger partial charge in [0.1, 0.15) is 0 Å². The molecule has 0 unspecified atom stereocenters. The molecule has 2 aliphatic heterocycles. The van der Waals surface area contributed by atoms with Crippen LogP contribution in [0.15, 0.2) is 35.1 Å². The summed E-state index contributed by atoms with van der Waals surface area (Å²) in [4.78, 5) is 0. The minimum absolute atomic E-state index is 0.314.